The second kappa shape index (κ2) is 8.05. The zero-order chi connectivity index (χ0) is 19.3. The number of amides is 1. The lowest BCUT2D eigenvalue weighted by Crippen LogP contribution is -2.55. The summed E-state index contributed by atoms with van der Waals surface area (Å²) in [5.74, 6) is -0.634. The van der Waals surface area contributed by atoms with Gasteiger partial charge in [0.1, 0.15) is 18.1 Å². The van der Waals surface area contributed by atoms with E-state index in [1.165, 1.54) is 20.1 Å². The molecule has 140 valence electrons. The Morgan fingerprint density at radius 1 is 1.23 bits per heavy atom. The van der Waals surface area contributed by atoms with Crippen LogP contribution in [-0.2, 0) is 16.1 Å². The number of benzene rings is 1. The standard InChI is InChI=1S/C19H23NO6/c1-12-5-7-15(13(2)9-12)25-10-14-6-8-16(26-14)17(21)20-19(3,11-24-4)18(22)23/h5-9H,10-11H2,1-4H3,(H,20,21)(H,22,23). The number of nitrogens with one attached hydrogen (secondary N) is 1. The third kappa shape index (κ3) is 4.64. The van der Waals surface area contributed by atoms with Crippen molar-refractivity contribution in [3.05, 3.63) is 53.0 Å². The third-order valence-corrected chi connectivity index (χ3v) is 3.88. The SMILES string of the molecule is COCC(C)(NC(=O)c1ccc(COc2ccc(C)cc2C)o1)C(=O)O. The van der Waals surface area contributed by atoms with Gasteiger partial charge in [-0.05, 0) is 44.5 Å². The number of carbonyl (C=O) groups is 2. The predicted octanol–water partition coefficient (Wildman–Crippen LogP) is 2.69. The van der Waals surface area contributed by atoms with E-state index in [4.69, 9.17) is 13.9 Å². The van der Waals surface area contributed by atoms with E-state index >= 15 is 0 Å². The van der Waals surface area contributed by atoms with E-state index in [1.807, 2.05) is 32.0 Å². The molecular formula is C19H23NO6. The first-order chi connectivity index (χ1) is 12.2. The van der Waals surface area contributed by atoms with Gasteiger partial charge in [-0.3, -0.25) is 4.79 Å². The largest absolute Gasteiger partial charge is 0.485 e. The van der Waals surface area contributed by atoms with Gasteiger partial charge in [0.05, 0.1) is 6.61 Å². The molecule has 2 N–H and O–H groups in total. The number of carbonyl (C=O) groups excluding carboxylic acids is 1. The number of aliphatic carboxylic acids is 1. The normalized spacial score (nSPS) is 13.1. The second-order valence-corrected chi connectivity index (χ2v) is 6.35. The van der Waals surface area contributed by atoms with E-state index in [0.29, 0.717) is 5.76 Å². The summed E-state index contributed by atoms with van der Waals surface area (Å²) in [7, 11) is 1.36. The molecule has 2 rings (SSSR count). The molecule has 1 heterocycles. The van der Waals surface area contributed by atoms with Crippen molar-refractivity contribution in [2.24, 2.45) is 0 Å². The van der Waals surface area contributed by atoms with Crippen LogP contribution in [0.3, 0.4) is 0 Å². The zero-order valence-corrected chi connectivity index (χ0v) is 15.3. The van der Waals surface area contributed by atoms with Crippen molar-refractivity contribution in [1.82, 2.24) is 5.32 Å². The summed E-state index contributed by atoms with van der Waals surface area (Å²) in [6.07, 6.45) is 0. The number of hydrogen-bond donors (Lipinski definition) is 2. The minimum absolute atomic E-state index is 0.00723. The van der Waals surface area contributed by atoms with Crippen LogP contribution < -0.4 is 10.1 Å². The molecular weight excluding hydrogens is 338 g/mol. The Kier molecular flexibility index (Phi) is 6.05. The lowest BCUT2D eigenvalue weighted by Gasteiger charge is -2.24. The number of hydrogen-bond acceptors (Lipinski definition) is 5. The molecule has 0 radical (unpaired) electrons. The maximum Gasteiger partial charge on any atom is 0.331 e. The number of methoxy groups -OCH3 is 1. The van der Waals surface area contributed by atoms with Crippen LogP contribution >= 0.6 is 0 Å². The molecule has 1 atom stereocenters. The van der Waals surface area contributed by atoms with Crippen molar-refractivity contribution >= 4 is 11.9 Å². The molecule has 0 spiro atoms. The van der Waals surface area contributed by atoms with E-state index < -0.39 is 17.4 Å². The number of rotatable bonds is 8. The highest BCUT2D eigenvalue weighted by Crippen LogP contribution is 2.20. The molecule has 0 aliphatic carbocycles. The van der Waals surface area contributed by atoms with Crippen molar-refractivity contribution in [3.8, 4) is 5.75 Å². The molecule has 0 aliphatic heterocycles. The summed E-state index contributed by atoms with van der Waals surface area (Å²) in [6.45, 7) is 5.31. The Balaban J connectivity index is 2.02. The number of carboxylic acid groups (broad SMARTS) is 1. The van der Waals surface area contributed by atoms with Crippen LogP contribution in [0.1, 0.15) is 34.4 Å². The molecule has 1 aromatic carbocycles. The van der Waals surface area contributed by atoms with Crippen LogP contribution in [0.15, 0.2) is 34.7 Å². The minimum atomic E-state index is -1.55. The molecule has 0 fully saturated rings. The molecule has 0 saturated carbocycles. The lowest BCUT2D eigenvalue weighted by atomic mass is 10.0. The molecule has 26 heavy (non-hydrogen) atoms. The van der Waals surface area contributed by atoms with Crippen molar-refractivity contribution in [2.75, 3.05) is 13.7 Å². The van der Waals surface area contributed by atoms with E-state index in [-0.39, 0.29) is 19.0 Å². The van der Waals surface area contributed by atoms with E-state index in [2.05, 4.69) is 5.32 Å². The monoisotopic (exact) mass is 361 g/mol. The maximum atomic E-state index is 12.3. The number of furan rings is 1. The number of aryl methyl sites for hydroxylation is 2. The fourth-order valence-electron chi connectivity index (χ4n) is 2.44. The lowest BCUT2D eigenvalue weighted by molar-refractivity contribution is -0.145. The van der Waals surface area contributed by atoms with E-state index in [9.17, 15) is 14.7 Å². The summed E-state index contributed by atoms with van der Waals surface area (Å²) in [6, 6.07) is 8.94. The molecule has 1 aromatic heterocycles. The van der Waals surface area contributed by atoms with Gasteiger partial charge >= 0.3 is 5.97 Å². The van der Waals surface area contributed by atoms with Crippen molar-refractivity contribution in [1.29, 1.82) is 0 Å². The average Bonchev–Trinajstić information content (AvgIpc) is 3.03. The Labute approximate surface area is 151 Å². The highest BCUT2D eigenvalue weighted by Gasteiger charge is 2.36. The first-order valence-corrected chi connectivity index (χ1v) is 8.09. The predicted molar refractivity (Wildman–Crippen MR) is 94.3 cm³/mol. The fourth-order valence-corrected chi connectivity index (χ4v) is 2.44. The topological polar surface area (TPSA) is 98.0 Å². The Morgan fingerprint density at radius 3 is 2.58 bits per heavy atom. The molecule has 7 heteroatoms. The minimum Gasteiger partial charge on any atom is -0.485 e. The zero-order valence-electron chi connectivity index (χ0n) is 15.3. The van der Waals surface area contributed by atoms with Crippen LogP contribution in [0, 0.1) is 13.8 Å². The van der Waals surface area contributed by atoms with Gasteiger partial charge in [0, 0.05) is 7.11 Å². The molecule has 7 nitrogen and oxygen atoms in total. The molecule has 2 aromatic rings. The summed E-state index contributed by atoms with van der Waals surface area (Å²) < 4.78 is 16.0. The van der Waals surface area contributed by atoms with Gasteiger partial charge < -0.3 is 24.3 Å². The molecule has 0 saturated heterocycles. The van der Waals surface area contributed by atoms with Gasteiger partial charge in [0.2, 0.25) is 0 Å². The molecule has 1 unspecified atom stereocenters. The third-order valence-electron chi connectivity index (χ3n) is 3.88. The average molecular weight is 361 g/mol. The van der Waals surface area contributed by atoms with Gasteiger partial charge in [0.25, 0.3) is 5.91 Å². The Morgan fingerprint density at radius 2 is 1.96 bits per heavy atom. The van der Waals surface area contributed by atoms with Gasteiger partial charge in [-0.1, -0.05) is 17.7 Å². The number of carboxylic acids is 1. The summed E-state index contributed by atoms with van der Waals surface area (Å²) in [5.41, 5.74) is 0.601. The van der Waals surface area contributed by atoms with Gasteiger partial charge in [0.15, 0.2) is 11.3 Å². The highest BCUT2D eigenvalue weighted by molar-refractivity contribution is 5.95. The van der Waals surface area contributed by atoms with Gasteiger partial charge in [-0.15, -0.1) is 0 Å². The van der Waals surface area contributed by atoms with E-state index in [1.54, 1.807) is 6.07 Å². The first-order valence-electron chi connectivity index (χ1n) is 8.09. The Bertz CT molecular complexity index is 797. The quantitative estimate of drug-likeness (QED) is 0.750. The Hall–Kier alpha value is -2.80. The van der Waals surface area contributed by atoms with Crippen LogP contribution in [0.5, 0.6) is 5.75 Å². The maximum absolute atomic E-state index is 12.3. The number of ether oxygens (including phenoxy) is 2. The van der Waals surface area contributed by atoms with Crippen molar-refractivity contribution in [2.45, 2.75) is 32.9 Å². The van der Waals surface area contributed by atoms with E-state index in [0.717, 1.165) is 16.9 Å². The highest BCUT2D eigenvalue weighted by atomic mass is 16.5. The van der Waals surface area contributed by atoms with Crippen LogP contribution in [0.2, 0.25) is 0 Å². The summed E-state index contributed by atoms with van der Waals surface area (Å²) in [5, 5.41) is 11.7. The second-order valence-electron chi connectivity index (χ2n) is 6.35. The van der Waals surface area contributed by atoms with Crippen LogP contribution in [0.4, 0.5) is 0 Å². The molecule has 1 amide bonds. The molecule has 0 bridgehead atoms. The van der Waals surface area contributed by atoms with Crippen molar-refractivity contribution < 1.29 is 28.6 Å². The fraction of sp³-hybridized carbons (Fsp3) is 0.368. The van der Waals surface area contributed by atoms with Gasteiger partial charge in [-0.2, -0.15) is 0 Å². The molecule has 0 aliphatic rings. The van der Waals surface area contributed by atoms with Crippen molar-refractivity contribution in [3.63, 3.8) is 0 Å². The van der Waals surface area contributed by atoms with Crippen LogP contribution in [-0.4, -0.2) is 36.2 Å². The van der Waals surface area contributed by atoms with Crippen LogP contribution in [0.25, 0.3) is 0 Å². The summed E-state index contributed by atoms with van der Waals surface area (Å²) >= 11 is 0. The van der Waals surface area contributed by atoms with Gasteiger partial charge in [-0.25, -0.2) is 4.79 Å². The summed E-state index contributed by atoms with van der Waals surface area (Å²) in [4.78, 5) is 23.6. The smallest absolute Gasteiger partial charge is 0.331 e. The first kappa shape index (κ1) is 19.5.